The monoisotopic (exact) mass is 398 g/mol. The number of esters is 1. The molecule has 0 aliphatic carbocycles. The smallest absolute Gasteiger partial charge is 0.336 e. The lowest BCUT2D eigenvalue weighted by molar-refractivity contribution is -0.147. The van der Waals surface area contributed by atoms with Gasteiger partial charge in [0.25, 0.3) is 0 Å². The minimum absolute atomic E-state index is 0.156. The topological polar surface area (TPSA) is 112 Å². The molecule has 1 aromatic carbocycles. The van der Waals surface area contributed by atoms with Crippen LogP contribution in [0.4, 0.5) is 4.79 Å². The van der Waals surface area contributed by atoms with E-state index in [0.29, 0.717) is 33.7 Å². The number of aryl methyl sites for hydroxylation is 1. The Hall–Kier alpha value is -2.19. The number of primary amides is 1. The van der Waals surface area contributed by atoms with E-state index in [2.05, 4.69) is 5.32 Å². The highest BCUT2D eigenvalue weighted by Crippen LogP contribution is 2.25. The molecule has 2 aromatic rings. The highest BCUT2D eigenvalue weighted by Gasteiger charge is 2.21. The number of ether oxygens (including phenoxy) is 1. The van der Waals surface area contributed by atoms with Gasteiger partial charge < -0.3 is 20.2 Å². The molecular weight excluding hydrogens is 380 g/mol. The molecule has 0 saturated carbocycles. The summed E-state index contributed by atoms with van der Waals surface area (Å²) < 4.78 is 10.4. The summed E-state index contributed by atoms with van der Waals surface area (Å²) in [6.07, 6.45) is 2.26. The molecule has 26 heavy (non-hydrogen) atoms. The number of amides is 2. The lowest BCUT2D eigenvalue weighted by Crippen LogP contribution is -2.44. The van der Waals surface area contributed by atoms with Gasteiger partial charge in [-0.3, -0.25) is 0 Å². The molecule has 0 unspecified atom stereocenters. The van der Waals surface area contributed by atoms with E-state index in [1.807, 2.05) is 6.26 Å². The quantitative estimate of drug-likeness (QED) is 0.547. The van der Waals surface area contributed by atoms with Gasteiger partial charge in [0.05, 0.1) is 0 Å². The zero-order chi connectivity index (χ0) is 19.3. The molecule has 2 amide bonds. The molecule has 9 heteroatoms. The van der Waals surface area contributed by atoms with Crippen molar-refractivity contribution in [3.05, 3.63) is 44.8 Å². The average molecular weight is 399 g/mol. The maximum atomic E-state index is 12.3. The summed E-state index contributed by atoms with van der Waals surface area (Å²) in [5, 5.41) is 3.45. The number of benzene rings is 1. The molecule has 0 fully saturated rings. The molecule has 1 heterocycles. The fourth-order valence-corrected chi connectivity index (χ4v) is 3.01. The first-order valence-electron chi connectivity index (χ1n) is 7.76. The summed E-state index contributed by atoms with van der Waals surface area (Å²) in [5.41, 5.74) is 6.14. The van der Waals surface area contributed by atoms with Crippen molar-refractivity contribution in [1.82, 2.24) is 5.32 Å². The van der Waals surface area contributed by atoms with Gasteiger partial charge in [0.2, 0.25) is 0 Å². The number of nitrogens with two attached hydrogens (primary N) is 1. The van der Waals surface area contributed by atoms with Gasteiger partial charge in [-0.2, -0.15) is 11.8 Å². The van der Waals surface area contributed by atoms with Crippen LogP contribution >= 0.6 is 23.4 Å². The number of urea groups is 1. The van der Waals surface area contributed by atoms with Crippen LogP contribution in [0, 0.1) is 6.92 Å². The summed E-state index contributed by atoms with van der Waals surface area (Å²) in [4.78, 5) is 35.1. The molecule has 0 bridgehead atoms. The Morgan fingerprint density at radius 2 is 2.12 bits per heavy atom. The normalized spacial score (nSPS) is 12.0. The van der Waals surface area contributed by atoms with Crippen molar-refractivity contribution in [3.63, 3.8) is 0 Å². The Morgan fingerprint density at radius 1 is 1.38 bits per heavy atom. The van der Waals surface area contributed by atoms with E-state index in [1.165, 1.54) is 17.8 Å². The molecule has 0 radical (unpaired) electrons. The number of carbonyl (C=O) groups is 2. The second-order valence-corrected chi connectivity index (χ2v) is 7.03. The highest BCUT2D eigenvalue weighted by atomic mass is 35.5. The summed E-state index contributed by atoms with van der Waals surface area (Å²) in [5.74, 6) is 0.0183. The number of carbonyl (C=O) groups excluding carboxylic acids is 2. The Morgan fingerprint density at radius 3 is 2.77 bits per heavy atom. The van der Waals surface area contributed by atoms with Crippen molar-refractivity contribution in [2.24, 2.45) is 5.73 Å². The second-order valence-electron chi connectivity index (χ2n) is 5.64. The minimum Gasteiger partial charge on any atom is -0.459 e. The number of fused-ring (bicyclic) bond motifs is 1. The largest absolute Gasteiger partial charge is 0.459 e. The van der Waals surface area contributed by atoms with Crippen LogP contribution in [0.2, 0.25) is 5.02 Å². The van der Waals surface area contributed by atoms with Crippen molar-refractivity contribution < 1.29 is 18.7 Å². The van der Waals surface area contributed by atoms with E-state index in [9.17, 15) is 14.4 Å². The SMILES string of the molecule is CSCC[C@H](NC(N)=O)C(=O)OCc1cc(=O)oc2cc(C)c(Cl)cc12. The highest BCUT2D eigenvalue weighted by molar-refractivity contribution is 7.98. The van der Waals surface area contributed by atoms with Crippen LogP contribution in [-0.4, -0.2) is 30.1 Å². The van der Waals surface area contributed by atoms with E-state index in [-0.39, 0.29) is 6.61 Å². The number of thioether (sulfide) groups is 1. The lowest BCUT2D eigenvalue weighted by Gasteiger charge is -2.16. The van der Waals surface area contributed by atoms with Gasteiger partial charge in [-0.1, -0.05) is 11.6 Å². The van der Waals surface area contributed by atoms with Gasteiger partial charge in [0.15, 0.2) is 0 Å². The van der Waals surface area contributed by atoms with Gasteiger partial charge in [0.1, 0.15) is 18.2 Å². The zero-order valence-electron chi connectivity index (χ0n) is 14.3. The van der Waals surface area contributed by atoms with Crippen LogP contribution in [0.3, 0.4) is 0 Å². The van der Waals surface area contributed by atoms with Crippen molar-refractivity contribution in [3.8, 4) is 0 Å². The average Bonchev–Trinajstić information content (AvgIpc) is 2.57. The lowest BCUT2D eigenvalue weighted by atomic mass is 10.1. The molecule has 140 valence electrons. The van der Waals surface area contributed by atoms with E-state index in [0.717, 1.165) is 5.56 Å². The number of hydrogen-bond acceptors (Lipinski definition) is 6. The minimum atomic E-state index is -0.850. The van der Waals surface area contributed by atoms with Crippen LogP contribution in [0.1, 0.15) is 17.5 Å². The Kier molecular flexibility index (Phi) is 6.93. The Balaban J connectivity index is 2.22. The van der Waals surface area contributed by atoms with Crippen molar-refractivity contribution in [1.29, 1.82) is 0 Å². The third kappa shape index (κ3) is 5.15. The maximum Gasteiger partial charge on any atom is 0.336 e. The van der Waals surface area contributed by atoms with E-state index in [4.69, 9.17) is 26.5 Å². The standard InChI is InChI=1S/C17H19ClN2O5S/c1-9-5-14-11(7-12(9)18)10(6-15(21)25-14)8-24-16(22)13(3-4-26-2)20-17(19)23/h5-7,13H,3-4,8H2,1-2H3,(H3,19,20,23)/t13-/m0/s1. The van der Waals surface area contributed by atoms with Crippen LogP contribution in [0.15, 0.2) is 27.4 Å². The molecule has 1 atom stereocenters. The molecule has 0 aliphatic rings. The Bertz CT molecular complexity index is 883. The van der Waals surface area contributed by atoms with Gasteiger partial charge in [-0.05, 0) is 43.0 Å². The summed E-state index contributed by atoms with van der Waals surface area (Å²) in [6, 6.07) is 2.91. The molecule has 0 aliphatic heterocycles. The van der Waals surface area contributed by atoms with E-state index in [1.54, 1.807) is 19.1 Å². The molecular formula is C17H19ClN2O5S. The van der Waals surface area contributed by atoms with Crippen molar-refractivity contribution >= 4 is 46.3 Å². The molecule has 0 saturated heterocycles. The third-order valence-corrected chi connectivity index (χ3v) is 4.74. The third-order valence-electron chi connectivity index (χ3n) is 3.69. The second kappa shape index (κ2) is 8.95. The molecule has 0 spiro atoms. The predicted molar refractivity (Wildman–Crippen MR) is 102 cm³/mol. The first-order valence-corrected chi connectivity index (χ1v) is 9.53. The van der Waals surface area contributed by atoms with E-state index >= 15 is 0 Å². The molecule has 2 rings (SSSR count). The summed E-state index contributed by atoms with van der Waals surface area (Å²) in [7, 11) is 0. The van der Waals surface area contributed by atoms with E-state index < -0.39 is 23.7 Å². The van der Waals surface area contributed by atoms with Crippen molar-refractivity contribution in [2.75, 3.05) is 12.0 Å². The van der Waals surface area contributed by atoms with Gasteiger partial charge in [-0.15, -0.1) is 0 Å². The number of hydrogen-bond donors (Lipinski definition) is 2. The first-order chi connectivity index (χ1) is 12.3. The van der Waals surface area contributed by atoms with Crippen LogP contribution in [0.25, 0.3) is 11.0 Å². The van der Waals surface area contributed by atoms with Crippen LogP contribution in [0.5, 0.6) is 0 Å². The Labute approximate surface area is 159 Å². The maximum absolute atomic E-state index is 12.3. The number of halogens is 1. The molecule has 1 aromatic heterocycles. The summed E-state index contributed by atoms with van der Waals surface area (Å²) in [6.45, 7) is 1.64. The fraction of sp³-hybridized carbons (Fsp3) is 0.353. The van der Waals surface area contributed by atoms with Gasteiger partial charge >= 0.3 is 17.6 Å². The van der Waals surface area contributed by atoms with Gasteiger partial charge in [-0.25, -0.2) is 14.4 Å². The molecule has 7 nitrogen and oxygen atoms in total. The fourth-order valence-electron chi connectivity index (χ4n) is 2.37. The van der Waals surface area contributed by atoms with Crippen LogP contribution < -0.4 is 16.7 Å². The summed E-state index contributed by atoms with van der Waals surface area (Å²) >= 11 is 7.66. The van der Waals surface area contributed by atoms with Crippen LogP contribution in [-0.2, 0) is 16.1 Å². The van der Waals surface area contributed by atoms with Gasteiger partial charge in [0, 0.05) is 22.0 Å². The number of nitrogens with one attached hydrogen (secondary N) is 1. The first kappa shape index (κ1) is 20.1. The zero-order valence-corrected chi connectivity index (χ0v) is 15.9. The molecule has 3 N–H and O–H groups in total. The predicted octanol–water partition coefficient (Wildman–Crippen LogP) is 2.59. The van der Waals surface area contributed by atoms with Crippen molar-refractivity contribution in [2.45, 2.75) is 26.0 Å². The number of rotatable bonds is 7.